The van der Waals surface area contributed by atoms with Crippen LogP contribution in [0.5, 0.6) is 0 Å². The highest BCUT2D eigenvalue weighted by Gasteiger charge is 2.13. The molecule has 1 aromatic rings. The van der Waals surface area contributed by atoms with Gasteiger partial charge < -0.3 is 0 Å². The van der Waals surface area contributed by atoms with Crippen LogP contribution in [-0.4, -0.2) is 5.38 Å². The Hall–Kier alpha value is -0.560. The van der Waals surface area contributed by atoms with E-state index in [-0.39, 0.29) is 11.2 Å². The number of benzene rings is 1. The molecule has 14 heavy (non-hydrogen) atoms. The zero-order valence-electron chi connectivity index (χ0n) is 8.63. The van der Waals surface area contributed by atoms with Gasteiger partial charge in [-0.2, -0.15) is 0 Å². The van der Waals surface area contributed by atoms with Gasteiger partial charge in [-0.1, -0.05) is 25.5 Å². The van der Waals surface area contributed by atoms with Crippen molar-refractivity contribution >= 4 is 11.6 Å². The van der Waals surface area contributed by atoms with E-state index in [1.807, 2.05) is 19.1 Å². The second kappa shape index (κ2) is 5.35. The summed E-state index contributed by atoms with van der Waals surface area (Å²) in [6.45, 7) is 4.15. The van der Waals surface area contributed by atoms with Crippen molar-refractivity contribution in [3.8, 4) is 0 Å². The van der Waals surface area contributed by atoms with E-state index in [1.54, 1.807) is 0 Å². The summed E-state index contributed by atoms with van der Waals surface area (Å²) in [5.74, 6) is 0.294. The lowest BCUT2D eigenvalue weighted by molar-refractivity contribution is 0.497. The highest BCUT2D eigenvalue weighted by molar-refractivity contribution is 6.20. The SMILES string of the molecule is CCC(Cc1ccc(F)cc1)C(C)Cl. The molecule has 0 aliphatic rings. The first-order valence-electron chi connectivity index (χ1n) is 5.02. The predicted molar refractivity (Wildman–Crippen MR) is 59.2 cm³/mol. The molecule has 0 N–H and O–H groups in total. The van der Waals surface area contributed by atoms with Crippen LogP contribution in [0.1, 0.15) is 25.8 Å². The first-order valence-corrected chi connectivity index (χ1v) is 5.45. The molecule has 0 amide bonds. The third-order valence-corrected chi connectivity index (χ3v) is 2.94. The summed E-state index contributed by atoms with van der Waals surface area (Å²) >= 11 is 6.05. The first-order chi connectivity index (χ1) is 6.63. The standard InChI is InChI=1S/C12H16ClF/c1-3-11(9(2)13)8-10-4-6-12(14)7-5-10/h4-7,9,11H,3,8H2,1-2H3. The Morgan fingerprint density at radius 2 is 1.86 bits per heavy atom. The minimum absolute atomic E-state index is 0.171. The summed E-state index contributed by atoms with van der Waals surface area (Å²) < 4.78 is 12.6. The van der Waals surface area contributed by atoms with Crippen LogP contribution in [0.15, 0.2) is 24.3 Å². The molecule has 0 saturated heterocycles. The maximum Gasteiger partial charge on any atom is 0.123 e. The molecule has 0 spiro atoms. The lowest BCUT2D eigenvalue weighted by atomic mass is 9.94. The van der Waals surface area contributed by atoms with Crippen molar-refractivity contribution in [3.63, 3.8) is 0 Å². The van der Waals surface area contributed by atoms with Crippen molar-refractivity contribution in [3.05, 3.63) is 35.6 Å². The maximum absolute atomic E-state index is 12.6. The molecule has 0 radical (unpaired) electrons. The molecule has 2 unspecified atom stereocenters. The Morgan fingerprint density at radius 1 is 1.29 bits per heavy atom. The molecule has 1 rings (SSSR count). The maximum atomic E-state index is 12.6. The Balaban J connectivity index is 2.63. The number of rotatable bonds is 4. The van der Waals surface area contributed by atoms with Crippen molar-refractivity contribution in [1.82, 2.24) is 0 Å². The molecule has 0 fully saturated rings. The van der Waals surface area contributed by atoms with E-state index < -0.39 is 0 Å². The van der Waals surface area contributed by atoms with Crippen molar-refractivity contribution < 1.29 is 4.39 Å². The Kier molecular flexibility index (Phi) is 4.40. The van der Waals surface area contributed by atoms with Crippen LogP contribution in [0.3, 0.4) is 0 Å². The van der Waals surface area contributed by atoms with E-state index in [9.17, 15) is 4.39 Å². The van der Waals surface area contributed by atoms with Gasteiger partial charge in [-0.3, -0.25) is 0 Å². The van der Waals surface area contributed by atoms with Gasteiger partial charge in [0.2, 0.25) is 0 Å². The highest BCUT2D eigenvalue weighted by Crippen LogP contribution is 2.19. The Morgan fingerprint density at radius 3 is 2.29 bits per heavy atom. The zero-order valence-corrected chi connectivity index (χ0v) is 9.39. The number of hydrogen-bond acceptors (Lipinski definition) is 0. The molecule has 2 heteroatoms. The van der Waals surface area contributed by atoms with Crippen molar-refractivity contribution in [2.75, 3.05) is 0 Å². The van der Waals surface area contributed by atoms with E-state index in [0.29, 0.717) is 5.92 Å². The third-order valence-electron chi connectivity index (χ3n) is 2.59. The molecular formula is C12H16ClF. The molecule has 0 saturated carbocycles. The predicted octanol–water partition coefficient (Wildman–Crippen LogP) is 4.02. The Labute approximate surface area is 90.1 Å². The van der Waals surface area contributed by atoms with Gasteiger partial charge in [-0.25, -0.2) is 4.39 Å². The monoisotopic (exact) mass is 214 g/mol. The summed E-state index contributed by atoms with van der Waals surface area (Å²) in [6.07, 6.45) is 1.99. The zero-order chi connectivity index (χ0) is 10.6. The van der Waals surface area contributed by atoms with Gasteiger partial charge in [0.25, 0.3) is 0 Å². The van der Waals surface area contributed by atoms with Gasteiger partial charge in [0.05, 0.1) is 0 Å². The lowest BCUT2D eigenvalue weighted by Crippen LogP contribution is -2.13. The quantitative estimate of drug-likeness (QED) is 0.665. The van der Waals surface area contributed by atoms with Crippen molar-refractivity contribution in [1.29, 1.82) is 0 Å². The fourth-order valence-corrected chi connectivity index (χ4v) is 1.82. The van der Waals surface area contributed by atoms with Crippen molar-refractivity contribution in [2.45, 2.75) is 32.1 Å². The minimum Gasteiger partial charge on any atom is -0.207 e. The Bertz CT molecular complexity index is 266. The van der Waals surface area contributed by atoms with Gasteiger partial charge in [0.1, 0.15) is 5.82 Å². The smallest absolute Gasteiger partial charge is 0.123 e. The molecule has 0 aliphatic heterocycles. The van der Waals surface area contributed by atoms with Gasteiger partial charge in [-0.15, -0.1) is 11.6 Å². The summed E-state index contributed by atoms with van der Waals surface area (Å²) in [7, 11) is 0. The van der Waals surface area contributed by atoms with E-state index in [1.165, 1.54) is 12.1 Å². The summed E-state index contributed by atoms with van der Waals surface area (Å²) in [5.41, 5.74) is 1.16. The van der Waals surface area contributed by atoms with E-state index in [0.717, 1.165) is 18.4 Å². The van der Waals surface area contributed by atoms with Gasteiger partial charge in [0, 0.05) is 5.38 Å². The van der Waals surface area contributed by atoms with Crippen LogP contribution < -0.4 is 0 Å². The van der Waals surface area contributed by atoms with Crippen LogP contribution in [0, 0.1) is 11.7 Å². The molecular weight excluding hydrogens is 199 g/mol. The van der Waals surface area contributed by atoms with E-state index >= 15 is 0 Å². The number of halogens is 2. The highest BCUT2D eigenvalue weighted by atomic mass is 35.5. The van der Waals surface area contributed by atoms with E-state index in [2.05, 4.69) is 6.92 Å². The molecule has 0 aliphatic carbocycles. The largest absolute Gasteiger partial charge is 0.207 e. The fraction of sp³-hybridized carbons (Fsp3) is 0.500. The van der Waals surface area contributed by atoms with Crippen LogP contribution in [-0.2, 0) is 6.42 Å². The summed E-state index contributed by atoms with van der Waals surface area (Å²) in [5, 5.41) is 0.171. The third kappa shape index (κ3) is 3.30. The molecule has 2 atom stereocenters. The number of hydrogen-bond donors (Lipinski definition) is 0. The number of alkyl halides is 1. The molecule has 78 valence electrons. The summed E-state index contributed by atoms with van der Waals surface area (Å²) in [6, 6.07) is 6.66. The molecule has 0 bridgehead atoms. The van der Waals surface area contributed by atoms with Crippen LogP contribution in [0.2, 0.25) is 0 Å². The summed E-state index contributed by atoms with van der Waals surface area (Å²) in [4.78, 5) is 0. The average Bonchev–Trinajstić information content (AvgIpc) is 2.16. The minimum atomic E-state index is -0.180. The second-order valence-electron chi connectivity index (χ2n) is 3.68. The fourth-order valence-electron chi connectivity index (χ4n) is 1.55. The van der Waals surface area contributed by atoms with Crippen LogP contribution >= 0.6 is 11.6 Å². The molecule has 0 aromatic heterocycles. The molecule has 0 nitrogen and oxygen atoms in total. The van der Waals surface area contributed by atoms with Crippen molar-refractivity contribution in [2.24, 2.45) is 5.92 Å². The first kappa shape index (κ1) is 11.5. The van der Waals surface area contributed by atoms with Crippen LogP contribution in [0.4, 0.5) is 4.39 Å². The topological polar surface area (TPSA) is 0 Å². The van der Waals surface area contributed by atoms with Gasteiger partial charge in [0.15, 0.2) is 0 Å². The van der Waals surface area contributed by atoms with Crippen LogP contribution in [0.25, 0.3) is 0 Å². The second-order valence-corrected chi connectivity index (χ2v) is 4.36. The van der Waals surface area contributed by atoms with E-state index in [4.69, 9.17) is 11.6 Å². The molecule has 0 heterocycles. The molecule has 1 aromatic carbocycles. The average molecular weight is 215 g/mol. The normalized spacial score (nSPS) is 15.1. The lowest BCUT2D eigenvalue weighted by Gasteiger charge is -2.17. The van der Waals surface area contributed by atoms with Gasteiger partial charge >= 0.3 is 0 Å². The van der Waals surface area contributed by atoms with Gasteiger partial charge in [-0.05, 0) is 37.0 Å².